The molecule has 0 radical (unpaired) electrons. The molecule has 1 saturated heterocycles. The van der Waals surface area contributed by atoms with Gasteiger partial charge in [-0.25, -0.2) is 4.39 Å². The van der Waals surface area contributed by atoms with Crippen LogP contribution in [0.2, 0.25) is 0 Å². The highest BCUT2D eigenvalue weighted by molar-refractivity contribution is 5.79. The van der Waals surface area contributed by atoms with E-state index in [1.165, 1.54) is 19.0 Å². The lowest BCUT2D eigenvalue weighted by molar-refractivity contribution is -0.136. The summed E-state index contributed by atoms with van der Waals surface area (Å²) in [4.78, 5) is 18.1. The first-order valence-electron chi connectivity index (χ1n) is 7.89. The van der Waals surface area contributed by atoms with Crippen molar-refractivity contribution >= 4 is 11.6 Å². The third-order valence-electron chi connectivity index (χ3n) is 4.64. The monoisotopic (exact) mass is 291 g/mol. The van der Waals surface area contributed by atoms with Crippen molar-refractivity contribution in [3.05, 3.63) is 24.3 Å². The van der Waals surface area contributed by atoms with Crippen LogP contribution in [0.4, 0.5) is 10.1 Å². The Bertz CT molecular complexity index is 494. The van der Waals surface area contributed by atoms with Crippen LogP contribution in [0.15, 0.2) is 18.5 Å². The number of nitrogens with one attached hydrogen (secondary N) is 1. The van der Waals surface area contributed by atoms with Gasteiger partial charge in [-0.15, -0.1) is 0 Å². The second-order valence-electron chi connectivity index (χ2n) is 6.08. The van der Waals surface area contributed by atoms with Gasteiger partial charge in [0.1, 0.15) is 0 Å². The first-order chi connectivity index (χ1) is 10.2. The zero-order valence-corrected chi connectivity index (χ0v) is 12.2. The number of rotatable bonds is 3. The number of hydrogen-bond donors (Lipinski definition) is 1. The molecular weight excluding hydrogens is 269 g/mol. The predicted octanol–water partition coefficient (Wildman–Crippen LogP) is 2.81. The van der Waals surface area contributed by atoms with Crippen molar-refractivity contribution in [2.45, 2.75) is 44.6 Å². The molecule has 0 bridgehead atoms. The number of carbonyl (C=O) groups is 1. The van der Waals surface area contributed by atoms with Gasteiger partial charge in [0.15, 0.2) is 5.82 Å². The zero-order valence-electron chi connectivity index (χ0n) is 12.2. The van der Waals surface area contributed by atoms with Gasteiger partial charge in [-0.3, -0.25) is 9.78 Å². The number of halogens is 1. The average Bonchev–Trinajstić information content (AvgIpc) is 3.04. The third kappa shape index (κ3) is 3.34. The number of pyridine rings is 1. The van der Waals surface area contributed by atoms with Crippen LogP contribution in [0.5, 0.6) is 0 Å². The van der Waals surface area contributed by atoms with Gasteiger partial charge in [0.25, 0.3) is 0 Å². The molecule has 1 aliphatic heterocycles. The van der Waals surface area contributed by atoms with Crippen molar-refractivity contribution < 1.29 is 9.18 Å². The van der Waals surface area contributed by atoms with E-state index in [1.807, 2.05) is 4.90 Å². The van der Waals surface area contributed by atoms with E-state index in [0.29, 0.717) is 11.6 Å². The van der Waals surface area contributed by atoms with Crippen LogP contribution < -0.4 is 5.32 Å². The van der Waals surface area contributed by atoms with E-state index in [9.17, 15) is 9.18 Å². The third-order valence-corrected chi connectivity index (χ3v) is 4.64. The van der Waals surface area contributed by atoms with Crippen LogP contribution in [-0.2, 0) is 4.79 Å². The molecule has 1 aromatic heterocycles. The van der Waals surface area contributed by atoms with Crippen molar-refractivity contribution in [1.29, 1.82) is 0 Å². The Morgan fingerprint density at radius 2 is 1.95 bits per heavy atom. The summed E-state index contributed by atoms with van der Waals surface area (Å²) >= 11 is 0. The summed E-state index contributed by atoms with van der Waals surface area (Å²) in [6.07, 6.45) is 9.05. The molecule has 1 aromatic rings. The van der Waals surface area contributed by atoms with Crippen molar-refractivity contribution in [3.63, 3.8) is 0 Å². The molecule has 114 valence electrons. The lowest BCUT2D eigenvalue weighted by Gasteiger charge is -2.34. The minimum Gasteiger partial charge on any atom is -0.380 e. The van der Waals surface area contributed by atoms with E-state index < -0.39 is 0 Å². The van der Waals surface area contributed by atoms with Crippen LogP contribution in [-0.4, -0.2) is 34.9 Å². The van der Waals surface area contributed by atoms with Crippen molar-refractivity contribution in [1.82, 2.24) is 9.88 Å². The predicted molar refractivity (Wildman–Crippen MR) is 79.4 cm³/mol. The molecule has 2 aliphatic rings. The minimum absolute atomic E-state index is 0.231. The molecule has 5 heteroatoms. The molecule has 2 fully saturated rings. The van der Waals surface area contributed by atoms with Gasteiger partial charge >= 0.3 is 0 Å². The molecule has 1 amide bonds. The number of aromatic nitrogens is 1. The highest BCUT2D eigenvalue weighted by atomic mass is 19.1. The van der Waals surface area contributed by atoms with Gasteiger partial charge in [-0.1, -0.05) is 12.8 Å². The van der Waals surface area contributed by atoms with Crippen LogP contribution in [0, 0.1) is 11.7 Å². The number of hydrogen-bond acceptors (Lipinski definition) is 3. The first kappa shape index (κ1) is 14.3. The molecule has 1 aliphatic carbocycles. The standard InChI is InChI=1S/C16H22FN3O/c17-14-11-18-8-5-15(14)19-13-6-9-20(10-7-13)16(21)12-3-1-2-4-12/h5,8,11-13H,1-4,6-7,9-10H2,(H,18,19). The molecule has 21 heavy (non-hydrogen) atoms. The molecule has 0 atom stereocenters. The van der Waals surface area contributed by atoms with E-state index >= 15 is 0 Å². The highest BCUT2D eigenvalue weighted by Crippen LogP contribution is 2.28. The smallest absolute Gasteiger partial charge is 0.225 e. The fraction of sp³-hybridized carbons (Fsp3) is 0.625. The van der Waals surface area contributed by atoms with Crippen molar-refractivity contribution in [3.8, 4) is 0 Å². The molecular formula is C16H22FN3O. The van der Waals surface area contributed by atoms with Crippen molar-refractivity contribution in [2.75, 3.05) is 18.4 Å². The van der Waals surface area contributed by atoms with Crippen molar-refractivity contribution in [2.24, 2.45) is 5.92 Å². The second kappa shape index (κ2) is 6.41. The maximum absolute atomic E-state index is 13.6. The maximum atomic E-state index is 13.6. The molecule has 4 nitrogen and oxygen atoms in total. The van der Waals surface area contributed by atoms with Gasteiger partial charge in [-0.2, -0.15) is 0 Å². The molecule has 0 spiro atoms. The van der Waals surface area contributed by atoms with E-state index in [1.54, 1.807) is 12.3 Å². The van der Waals surface area contributed by atoms with E-state index in [4.69, 9.17) is 0 Å². The summed E-state index contributed by atoms with van der Waals surface area (Å²) in [6.45, 7) is 1.55. The van der Waals surface area contributed by atoms with Crippen LogP contribution >= 0.6 is 0 Å². The number of carbonyl (C=O) groups excluding carboxylic acids is 1. The van der Waals surface area contributed by atoms with Crippen LogP contribution in [0.1, 0.15) is 38.5 Å². The maximum Gasteiger partial charge on any atom is 0.225 e. The molecule has 0 aromatic carbocycles. The van der Waals surface area contributed by atoms with Gasteiger partial charge in [-0.05, 0) is 31.7 Å². The summed E-state index contributed by atoms with van der Waals surface area (Å²) in [5.74, 6) is 0.273. The van der Waals surface area contributed by atoms with Gasteiger partial charge in [0.2, 0.25) is 5.91 Å². The summed E-state index contributed by atoms with van der Waals surface area (Å²) < 4.78 is 13.6. The molecule has 2 heterocycles. The zero-order chi connectivity index (χ0) is 14.7. The quantitative estimate of drug-likeness (QED) is 0.931. The number of likely N-dealkylation sites (tertiary alicyclic amines) is 1. The Balaban J connectivity index is 1.51. The second-order valence-corrected chi connectivity index (χ2v) is 6.08. The lowest BCUT2D eigenvalue weighted by Crippen LogP contribution is -2.44. The fourth-order valence-corrected chi connectivity index (χ4v) is 3.39. The number of piperidine rings is 1. The summed E-state index contributed by atoms with van der Waals surface area (Å²) in [7, 11) is 0. The number of nitrogens with zero attached hydrogens (tertiary/aromatic N) is 2. The van der Waals surface area contributed by atoms with Gasteiger partial charge < -0.3 is 10.2 Å². The molecule has 0 unspecified atom stereocenters. The summed E-state index contributed by atoms with van der Waals surface area (Å²) in [5.41, 5.74) is 0.505. The SMILES string of the molecule is O=C(C1CCCC1)N1CCC(Nc2ccncc2F)CC1. The first-order valence-corrected chi connectivity index (χ1v) is 7.89. The fourth-order valence-electron chi connectivity index (χ4n) is 3.39. The number of amides is 1. The Labute approximate surface area is 124 Å². The van der Waals surface area contributed by atoms with Gasteiger partial charge in [0, 0.05) is 31.2 Å². The topological polar surface area (TPSA) is 45.2 Å². The largest absolute Gasteiger partial charge is 0.380 e. The summed E-state index contributed by atoms with van der Waals surface area (Å²) in [6, 6.07) is 1.89. The van der Waals surface area contributed by atoms with Gasteiger partial charge in [0.05, 0.1) is 11.9 Å². The van der Waals surface area contributed by atoms with Crippen LogP contribution in [0.25, 0.3) is 0 Å². The molecule has 1 saturated carbocycles. The number of anilines is 1. The highest BCUT2D eigenvalue weighted by Gasteiger charge is 2.30. The minimum atomic E-state index is -0.318. The molecule has 3 rings (SSSR count). The Morgan fingerprint density at radius 1 is 1.24 bits per heavy atom. The van der Waals surface area contributed by atoms with E-state index in [-0.39, 0.29) is 17.8 Å². The Morgan fingerprint density at radius 3 is 2.62 bits per heavy atom. The Hall–Kier alpha value is -1.65. The average molecular weight is 291 g/mol. The Kier molecular flexibility index (Phi) is 4.36. The lowest BCUT2D eigenvalue weighted by atomic mass is 10.0. The molecule has 1 N–H and O–H groups in total. The normalized spacial score (nSPS) is 20.7. The van der Waals surface area contributed by atoms with E-state index in [2.05, 4.69) is 10.3 Å². The van der Waals surface area contributed by atoms with Crippen LogP contribution in [0.3, 0.4) is 0 Å². The van der Waals surface area contributed by atoms with E-state index in [0.717, 1.165) is 38.8 Å². The summed E-state index contributed by atoms with van der Waals surface area (Å²) in [5, 5.41) is 3.23.